The third-order valence-corrected chi connectivity index (χ3v) is 1.07. The van der Waals surface area contributed by atoms with Crippen molar-refractivity contribution in [1.29, 1.82) is 0 Å². The molecular weight excluding hydrogens is 255 g/mol. The predicted molar refractivity (Wildman–Crippen MR) is 41.9 cm³/mol. The van der Waals surface area contributed by atoms with Crippen LogP contribution in [0.2, 0.25) is 0 Å². The Morgan fingerprint density at radius 2 is 1.69 bits per heavy atom. The lowest BCUT2D eigenvalue weighted by Gasteiger charge is -2.11. The third-order valence-electron chi connectivity index (χ3n) is 0.742. The van der Waals surface area contributed by atoms with Gasteiger partial charge in [0.1, 0.15) is 13.0 Å². The van der Waals surface area contributed by atoms with Gasteiger partial charge >= 0.3 is 12.1 Å². The van der Waals surface area contributed by atoms with Crippen LogP contribution in [0.1, 0.15) is 6.42 Å². The number of rotatable bonds is 2. The van der Waals surface area contributed by atoms with E-state index in [2.05, 4.69) is 4.74 Å². The molecule has 0 N–H and O–H groups in total. The summed E-state index contributed by atoms with van der Waals surface area (Å²) < 4.78 is 36.7. The third kappa shape index (κ3) is 10.0. The van der Waals surface area contributed by atoms with Crippen LogP contribution in [0.15, 0.2) is 0 Å². The van der Waals surface area contributed by atoms with E-state index in [1.165, 1.54) is 0 Å². The SMILES string of the molecule is O=C(CC(F)(F)F)OCC(Cl)(Cl)Cl. The summed E-state index contributed by atoms with van der Waals surface area (Å²) in [6.07, 6.45) is -6.29. The Morgan fingerprint density at radius 1 is 1.23 bits per heavy atom. The highest BCUT2D eigenvalue weighted by atomic mass is 35.6. The Balaban J connectivity index is 3.78. The van der Waals surface area contributed by atoms with Crippen LogP contribution in [-0.2, 0) is 9.53 Å². The molecule has 0 fully saturated rings. The molecule has 0 radical (unpaired) electrons. The lowest BCUT2D eigenvalue weighted by atomic mass is 10.4. The van der Waals surface area contributed by atoms with Crippen LogP contribution in [0.5, 0.6) is 0 Å². The summed E-state index contributed by atoms with van der Waals surface area (Å²) in [6, 6.07) is 0. The first-order chi connectivity index (χ1) is 5.60. The molecule has 0 atom stereocenters. The summed E-state index contributed by atoms with van der Waals surface area (Å²) in [5.41, 5.74) is 0. The summed E-state index contributed by atoms with van der Waals surface area (Å²) in [4.78, 5) is 10.4. The number of hydrogen-bond acceptors (Lipinski definition) is 2. The number of alkyl halides is 6. The lowest BCUT2D eigenvalue weighted by Crippen LogP contribution is -2.22. The first-order valence-electron chi connectivity index (χ1n) is 2.89. The molecule has 0 saturated carbocycles. The second kappa shape index (κ2) is 4.57. The smallest absolute Gasteiger partial charge is 0.399 e. The van der Waals surface area contributed by atoms with Crippen LogP contribution in [0.4, 0.5) is 13.2 Å². The number of carbonyl (C=O) groups is 1. The van der Waals surface area contributed by atoms with Gasteiger partial charge in [0.25, 0.3) is 0 Å². The van der Waals surface area contributed by atoms with E-state index in [-0.39, 0.29) is 0 Å². The molecule has 0 saturated heterocycles. The van der Waals surface area contributed by atoms with Gasteiger partial charge in [-0.05, 0) is 0 Å². The van der Waals surface area contributed by atoms with E-state index in [4.69, 9.17) is 34.8 Å². The average Bonchev–Trinajstić information content (AvgIpc) is 1.78. The fourth-order valence-electron chi connectivity index (χ4n) is 0.377. The van der Waals surface area contributed by atoms with Crippen molar-refractivity contribution in [1.82, 2.24) is 0 Å². The van der Waals surface area contributed by atoms with Crippen LogP contribution in [0.3, 0.4) is 0 Å². The molecule has 0 aromatic heterocycles. The van der Waals surface area contributed by atoms with Gasteiger partial charge in [0.15, 0.2) is 0 Å². The van der Waals surface area contributed by atoms with E-state index >= 15 is 0 Å². The average molecular weight is 259 g/mol. The molecule has 0 aromatic rings. The zero-order valence-electron chi connectivity index (χ0n) is 6.00. The minimum atomic E-state index is -4.61. The molecule has 8 heteroatoms. The molecule has 0 amide bonds. The quantitative estimate of drug-likeness (QED) is 0.563. The number of esters is 1. The van der Waals surface area contributed by atoms with Crippen molar-refractivity contribution in [2.45, 2.75) is 16.4 Å². The fraction of sp³-hybridized carbons (Fsp3) is 0.800. The standard InChI is InChI=1S/C5H4Cl3F3O2/c6-4(7,8)2-13-3(12)1-5(9,10)11/h1-2H2. The van der Waals surface area contributed by atoms with Gasteiger partial charge in [0, 0.05) is 0 Å². The first kappa shape index (κ1) is 13.1. The van der Waals surface area contributed by atoms with Crippen molar-refractivity contribution in [3.05, 3.63) is 0 Å². The van der Waals surface area contributed by atoms with E-state index in [1.54, 1.807) is 0 Å². The molecule has 0 aromatic carbocycles. The molecule has 0 unspecified atom stereocenters. The molecule has 13 heavy (non-hydrogen) atoms. The predicted octanol–water partition coefficient (Wildman–Crippen LogP) is 2.85. The monoisotopic (exact) mass is 258 g/mol. The Bertz CT molecular complexity index is 186. The fourth-order valence-corrected chi connectivity index (χ4v) is 0.541. The minimum absolute atomic E-state index is 0.702. The summed E-state index contributed by atoms with van der Waals surface area (Å²) in [5.74, 6) is -1.47. The van der Waals surface area contributed by atoms with Crippen molar-refractivity contribution < 1.29 is 22.7 Å². The molecule has 0 rings (SSSR count). The van der Waals surface area contributed by atoms with Crippen molar-refractivity contribution >= 4 is 40.8 Å². The van der Waals surface area contributed by atoms with Gasteiger partial charge in [-0.25, -0.2) is 0 Å². The van der Waals surface area contributed by atoms with Crippen molar-refractivity contribution in [2.75, 3.05) is 6.61 Å². The zero-order chi connectivity index (χ0) is 10.7. The van der Waals surface area contributed by atoms with Crippen LogP contribution < -0.4 is 0 Å². The number of carbonyl (C=O) groups excluding carboxylic acids is 1. The number of halogens is 6. The summed E-state index contributed by atoms with van der Waals surface area (Å²) in [6.45, 7) is -0.702. The Hall–Kier alpha value is 0.130. The Morgan fingerprint density at radius 3 is 2.00 bits per heavy atom. The largest absolute Gasteiger partial charge is 0.461 e. The maximum Gasteiger partial charge on any atom is 0.399 e. The van der Waals surface area contributed by atoms with E-state index < -0.39 is 29.0 Å². The van der Waals surface area contributed by atoms with Gasteiger partial charge in [0.05, 0.1) is 0 Å². The van der Waals surface area contributed by atoms with E-state index in [0.29, 0.717) is 0 Å². The van der Waals surface area contributed by atoms with Crippen LogP contribution >= 0.6 is 34.8 Å². The maximum atomic E-state index is 11.5. The molecule has 0 spiro atoms. The van der Waals surface area contributed by atoms with Gasteiger partial charge < -0.3 is 4.74 Å². The highest BCUT2D eigenvalue weighted by Crippen LogP contribution is 2.27. The van der Waals surface area contributed by atoms with E-state index in [1.807, 2.05) is 0 Å². The van der Waals surface area contributed by atoms with Gasteiger partial charge in [0.2, 0.25) is 3.79 Å². The molecule has 2 nitrogen and oxygen atoms in total. The van der Waals surface area contributed by atoms with Crippen molar-refractivity contribution in [2.24, 2.45) is 0 Å². The molecule has 0 heterocycles. The first-order valence-corrected chi connectivity index (χ1v) is 4.03. The molecule has 0 bridgehead atoms. The van der Waals surface area contributed by atoms with Crippen molar-refractivity contribution in [3.8, 4) is 0 Å². The minimum Gasteiger partial charge on any atom is -0.461 e. The highest BCUT2D eigenvalue weighted by Gasteiger charge is 2.33. The summed E-state index contributed by atoms with van der Waals surface area (Å²) in [5, 5.41) is 0. The molecule has 0 aliphatic carbocycles. The van der Waals surface area contributed by atoms with E-state index in [0.717, 1.165) is 0 Å². The Kier molecular flexibility index (Phi) is 4.62. The number of ether oxygens (including phenoxy) is 1. The van der Waals surface area contributed by atoms with Gasteiger partial charge in [-0.15, -0.1) is 0 Å². The van der Waals surface area contributed by atoms with Gasteiger partial charge in [-0.3, -0.25) is 4.79 Å². The highest BCUT2D eigenvalue weighted by molar-refractivity contribution is 6.67. The molecular formula is C5H4Cl3F3O2. The van der Waals surface area contributed by atoms with E-state index in [9.17, 15) is 18.0 Å². The topological polar surface area (TPSA) is 26.3 Å². The molecule has 0 aliphatic heterocycles. The number of hydrogen-bond donors (Lipinski definition) is 0. The van der Waals surface area contributed by atoms with Crippen molar-refractivity contribution in [3.63, 3.8) is 0 Å². The normalized spacial score (nSPS) is 12.8. The molecule has 78 valence electrons. The maximum absolute atomic E-state index is 11.5. The molecule has 0 aliphatic rings. The summed E-state index contributed by atoms with van der Waals surface area (Å²) in [7, 11) is 0. The zero-order valence-corrected chi connectivity index (χ0v) is 8.27. The van der Waals surface area contributed by atoms with Gasteiger partial charge in [-0.2, -0.15) is 13.2 Å². The van der Waals surface area contributed by atoms with Gasteiger partial charge in [-0.1, -0.05) is 34.8 Å². The van der Waals surface area contributed by atoms with Crippen LogP contribution in [0.25, 0.3) is 0 Å². The lowest BCUT2D eigenvalue weighted by molar-refractivity contribution is -0.171. The Labute approximate surface area is 86.9 Å². The second-order valence-electron chi connectivity index (χ2n) is 2.07. The second-order valence-corrected chi connectivity index (χ2v) is 4.58. The summed E-state index contributed by atoms with van der Waals surface area (Å²) >= 11 is 15.4. The van der Waals surface area contributed by atoms with Crippen LogP contribution in [-0.4, -0.2) is 22.5 Å². The van der Waals surface area contributed by atoms with Crippen LogP contribution in [0, 0.1) is 0 Å².